The minimum atomic E-state index is 0. The number of hydrogen-bond donors (Lipinski definition) is 2. The average Bonchev–Trinajstić information content (AvgIpc) is 2.61. The molecule has 0 aromatic heterocycles. The number of nitrogens with zero attached hydrogens (tertiary/aromatic N) is 1. The van der Waals surface area contributed by atoms with Crippen LogP contribution in [0.2, 0.25) is 0 Å². The quantitative estimate of drug-likeness (QED) is 0.538. The molecular weight excluding hydrogens is 386 g/mol. The molecule has 3 rings (SSSR count). The summed E-state index contributed by atoms with van der Waals surface area (Å²) in [6, 6.07) is 13.0. The van der Waals surface area contributed by atoms with Gasteiger partial charge in [-0.15, -0.1) is 0 Å². The SMILES string of the molecule is CCCCCCCC1c2cc(N)ccc2-c2ccc(N)cc2N1CC.[Br-]. The van der Waals surface area contributed by atoms with Crippen LogP contribution in [-0.4, -0.2) is 6.54 Å². The highest BCUT2D eigenvalue weighted by molar-refractivity contribution is 5.87. The lowest BCUT2D eigenvalue weighted by atomic mass is 9.85. The topological polar surface area (TPSA) is 55.3 Å². The first-order chi connectivity index (χ1) is 12.2. The van der Waals surface area contributed by atoms with Crippen molar-refractivity contribution < 1.29 is 17.0 Å². The molecule has 0 spiro atoms. The van der Waals surface area contributed by atoms with Crippen molar-refractivity contribution in [2.24, 2.45) is 0 Å². The molecule has 1 heterocycles. The summed E-state index contributed by atoms with van der Waals surface area (Å²) in [5.74, 6) is 0. The molecular formula is C22H31BrN3-. The summed E-state index contributed by atoms with van der Waals surface area (Å²) >= 11 is 0. The predicted octanol–water partition coefficient (Wildman–Crippen LogP) is 2.76. The van der Waals surface area contributed by atoms with Crippen molar-refractivity contribution in [2.75, 3.05) is 22.9 Å². The van der Waals surface area contributed by atoms with Crippen molar-refractivity contribution in [2.45, 2.75) is 58.4 Å². The molecule has 0 aliphatic carbocycles. The van der Waals surface area contributed by atoms with Gasteiger partial charge in [0.15, 0.2) is 0 Å². The normalized spacial score (nSPS) is 15.2. The Bertz CT molecular complexity index is 729. The van der Waals surface area contributed by atoms with Gasteiger partial charge in [-0.2, -0.15) is 0 Å². The molecule has 1 aliphatic heterocycles. The molecule has 1 atom stereocenters. The Kier molecular flexibility index (Phi) is 7.39. The maximum absolute atomic E-state index is 6.13. The highest BCUT2D eigenvalue weighted by atomic mass is 79.9. The first-order valence-corrected chi connectivity index (χ1v) is 9.71. The van der Waals surface area contributed by atoms with Gasteiger partial charge in [-0.25, -0.2) is 0 Å². The van der Waals surface area contributed by atoms with Gasteiger partial charge in [-0.3, -0.25) is 0 Å². The highest BCUT2D eigenvalue weighted by Crippen LogP contribution is 2.47. The number of unbranched alkanes of at least 4 members (excludes halogenated alkanes) is 4. The van der Waals surface area contributed by atoms with Crippen molar-refractivity contribution in [3.8, 4) is 11.1 Å². The highest BCUT2D eigenvalue weighted by Gasteiger charge is 2.30. The van der Waals surface area contributed by atoms with Gasteiger partial charge in [0.05, 0.1) is 6.04 Å². The Morgan fingerprint density at radius 2 is 1.50 bits per heavy atom. The third-order valence-corrected chi connectivity index (χ3v) is 5.35. The summed E-state index contributed by atoms with van der Waals surface area (Å²) in [5, 5.41) is 0. The van der Waals surface area contributed by atoms with Gasteiger partial charge in [0.2, 0.25) is 0 Å². The van der Waals surface area contributed by atoms with E-state index in [1.54, 1.807) is 0 Å². The molecule has 2 aromatic rings. The van der Waals surface area contributed by atoms with Crippen LogP contribution in [0.25, 0.3) is 11.1 Å². The second-order valence-corrected chi connectivity index (χ2v) is 7.13. The Morgan fingerprint density at radius 1 is 0.846 bits per heavy atom. The average molecular weight is 417 g/mol. The van der Waals surface area contributed by atoms with E-state index in [9.17, 15) is 0 Å². The van der Waals surface area contributed by atoms with Crippen LogP contribution in [0, 0.1) is 0 Å². The van der Waals surface area contributed by atoms with E-state index < -0.39 is 0 Å². The number of nitrogens with two attached hydrogens (primary N) is 2. The van der Waals surface area contributed by atoms with Crippen molar-refractivity contribution >= 4 is 17.1 Å². The van der Waals surface area contributed by atoms with Gasteiger partial charge < -0.3 is 33.3 Å². The Labute approximate surface area is 168 Å². The number of halogens is 1. The molecule has 26 heavy (non-hydrogen) atoms. The van der Waals surface area contributed by atoms with Crippen LogP contribution < -0.4 is 33.3 Å². The van der Waals surface area contributed by atoms with Crippen LogP contribution in [0.3, 0.4) is 0 Å². The van der Waals surface area contributed by atoms with E-state index in [1.165, 1.54) is 60.9 Å². The lowest BCUT2D eigenvalue weighted by Crippen LogP contribution is -3.00. The Balaban J connectivity index is 0.00000243. The van der Waals surface area contributed by atoms with Crippen LogP contribution in [0.15, 0.2) is 36.4 Å². The molecule has 1 aliphatic rings. The third kappa shape index (κ3) is 4.17. The molecule has 0 saturated heterocycles. The maximum Gasteiger partial charge on any atom is 0.0549 e. The molecule has 142 valence electrons. The molecule has 4 heteroatoms. The van der Waals surface area contributed by atoms with E-state index in [-0.39, 0.29) is 17.0 Å². The third-order valence-electron chi connectivity index (χ3n) is 5.35. The second-order valence-electron chi connectivity index (χ2n) is 7.13. The van der Waals surface area contributed by atoms with E-state index in [2.05, 4.69) is 43.0 Å². The number of hydrogen-bond acceptors (Lipinski definition) is 3. The molecule has 4 N–H and O–H groups in total. The van der Waals surface area contributed by atoms with Gasteiger partial charge >= 0.3 is 0 Å². The number of benzene rings is 2. The first kappa shape index (κ1) is 20.6. The van der Waals surface area contributed by atoms with Gasteiger partial charge in [0, 0.05) is 29.2 Å². The van der Waals surface area contributed by atoms with Crippen molar-refractivity contribution in [3.63, 3.8) is 0 Å². The van der Waals surface area contributed by atoms with Crippen molar-refractivity contribution in [1.29, 1.82) is 0 Å². The summed E-state index contributed by atoms with van der Waals surface area (Å²) in [4.78, 5) is 2.51. The summed E-state index contributed by atoms with van der Waals surface area (Å²) in [7, 11) is 0. The molecule has 0 amide bonds. The fourth-order valence-corrected chi connectivity index (χ4v) is 4.10. The maximum atomic E-state index is 6.13. The number of nitrogen functional groups attached to an aromatic ring is 2. The van der Waals surface area contributed by atoms with Crippen LogP contribution in [-0.2, 0) is 0 Å². The lowest BCUT2D eigenvalue weighted by Gasteiger charge is -2.40. The predicted molar refractivity (Wildman–Crippen MR) is 110 cm³/mol. The van der Waals surface area contributed by atoms with E-state index in [0.29, 0.717) is 6.04 Å². The minimum Gasteiger partial charge on any atom is -1.00 e. The van der Waals surface area contributed by atoms with Gasteiger partial charge in [0.25, 0.3) is 0 Å². The minimum absolute atomic E-state index is 0. The number of fused-ring (bicyclic) bond motifs is 3. The number of anilines is 3. The van der Waals surface area contributed by atoms with E-state index >= 15 is 0 Å². The smallest absolute Gasteiger partial charge is 0.0549 e. The fraction of sp³-hybridized carbons (Fsp3) is 0.455. The van der Waals surface area contributed by atoms with E-state index in [0.717, 1.165) is 17.9 Å². The molecule has 0 fully saturated rings. The molecule has 0 saturated carbocycles. The zero-order valence-electron chi connectivity index (χ0n) is 16.0. The molecule has 2 aromatic carbocycles. The zero-order chi connectivity index (χ0) is 17.8. The Hall–Kier alpha value is -1.68. The Morgan fingerprint density at radius 3 is 2.19 bits per heavy atom. The van der Waals surface area contributed by atoms with Gasteiger partial charge in [-0.05, 0) is 48.7 Å². The first-order valence-electron chi connectivity index (χ1n) is 9.71. The summed E-state index contributed by atoms with van der Waals surface area (Å²) < 4.78 is 0. The van der Waals surface area contributed by atoms with Crippen LogP contribution in [0.1, 0.15) is 64.0 Å². The molecule has 1 unspecified atom stereocenters. The summed E-state index contributed by atoms with van der Waals surface area (Å²) in [6.45, 7) is 5.47. The van der Waals surface area contributed by atoms with Crippen LogP contribution >= 0.6 is 0 Å². The van der Waals surface area contributed by atoms with E-state index in [1.807, 2.05) is 12.1 Å². The second kappa shape index (κ2) is 9.31. The molecule has 0 bridgehead atoms. The van der Waals surface area contributed by atoms with Crippen LogP contribution in [0.5, 0.6) is 0 Å². The monoisotopic (exact) mass is 416 g/mol. The van der Waals surface area contributed by atoms with Crippen molar-refractivity contribution in [3.05, 3.63) is 42.0 Å². The standard InChI is InChI=1S/C22H31N3.BrH/c1-3-5-6-7-8-9-21-20-14-16(23)10-12-18(20)19-13-11-17(24)15-22(19)25(21)4-2;/h10-15,21H,3-9,23-24H2,1-2H3;1H/p-1. The summed E-state index contributed by atoms with van der Waals surface area (Å²) in [6.07, 6.45) is 7.70. The number of rotatable bonds is 7. The van der Waals surface area contributed by atoms with Gasteiger partial charge in [0.1, 0.15) is 0 Å². The van der Waals surface area contributed by atoms with Crippen LogP contribution in [0.4, 0.5) is 17.1 Å². The molecule has 3 nitrogen and oxygen atoms in total. The summed E-state index contributed by atoms with van der Waals surface area (Å²) in [5.41, 5.74) is 19.1. The lowest BCUT2D eigenvalue weighted by molar-refractivity contribution is -0.00000521. The van der Waals surface area contributed by atoms with Gasteiger partial charge in [-0.1, -0.05) is 51.2 Å². The largest absolute Gasteiger partial charge is 1.00 e. The zero-order valence-corrected chi connectivity index (χ0v) is 17.6. The van der Waals surface area contributed by atoms with E-state index in [4.69, 9.17) is 11.5 Å². The fourth-order valence-electron chi connectivity index (χ4n) is 4.10. The molecule has 0 radical (unpaired) electrons. The van der Waals surface area contributed by atoms with Crippen molar-refractivity contribution in [1.82, 2.24) is 0 Å².